The molecule has 4 aliphatic rings. The van der Waals surface area contributed by atoms with Crippen molar-refractivity contribution >= 4 is 0 Å². The minimum atomic E-state index is 0.329. The number of aryl methyl sites for hydroxylation is 1. The minimum Gasteiger partial charge on any atom is -0.332 e. The third-order valence-electron chi connectivity index (χ3n) is 5.54. The lowest BCUT2D eigenvalue weighted by Gasteiger charge is -2.48. The van der Waals surface area contributed by atoms with E-state index in [4.69, 9.17) is 0 Å². The fourth-order valence-corrected chi connectivity index (χ4v) is 4.71. The van der Waals surface area contributed by atoms with E-state index in [9.17, 15) is 4.91 Å². The van der Waals surface area contributed by atoms with Crippen LogP contribution in [0.1, 0.15) is 40.9 Å². The second-order valence-electron chi connectivity index (χ2n) is 6.51. The Morgan fingerprint density at radius 2 is 2.05 bits per heavy atom. The molecule has 0 saturated heterocycles. The van der Waals surface area contributed by atoms with Gasteiger partial charge in [-0.15, -0.1) is 0 Å². The first-order chi connectivity index (χ1) is 10.3. The van der Waals surface area contributed by atoms with Gasteiger partial charge in [-0.2, -0.15) is 0 Å². The smallest absolute Gasteiger partial charge is 0.252 e. The number of allylic oxidation sites excluding steroid dienone is 2. The van der Waals surface area contributed by atoms with E-state index in [1.807, 2.05) is 13.1 Å². The van der Waals surface area contributed by atoms with Crippen molar-refractivity contribution in [2.75, 3.05) is 0 Å². The van der Waals surface area contributed by atoms with Crippen LogP contribution in [-0.2, 0) is 0 Å². The molecule has 0 amide bonds. The first-order valence-electron chi connectivity index (χ1n) is 7.66. The van der Waals surface area contributed by atoms with Crippen LogP contribution in [-0.4, -0.2) is 4.57 Å². The second-order valence-corrected chi connectivity index (χ2v) is 6.51. The number of benzene rings is 1. The number of hydrogen-bond acceptors (Lipinski definition) is 1. The van der Waals surface area contributed by atoms with Gasteiger partial charge in [0.05, 0.1) is 22.4 Å². The van der Waals surface area contributed by atoms with Crippen molar-refractivity contribution in [1.29, 1.82) is 0 Å². The van der Waals surface area contributed by atoms with Crippen LogP contribution in [0.4, 0.5) is 0 Å². The number of hydrogen-bond donors (Lipinski definition) is 0. The summed E-state index contributed by atoms with van der Waals surface area (Å²) in [6.45, 7) is 1.89. The van der Waals surface area contributed by atoms with E-state index < -0.39 is 0 Å². The molecule has 1 aromatic carbocycles. The van der Waals surface area contributed by atoms with E-state index in [0.717, 1.165) is 16.5 Å². The molecule has 0 saturated carbocycles. The van der Waals surface area contributed by atoms with E-state index >= 15 is 0 Å². The van der Waals surface area contributed by atoms with E-state index in [-0.39, 0.29) is 0 Å². The first-order valence-corrected chi connectivity index (χ1v) is 7.66. The fraction of sp³-hybridized carbons (Fsp3) is 0.333. The van der Waals surface area contributed by atoms with Gasteiger partial charge in [0.25, 0.3) is 5.69 Å². The third kappa shape index (κ3) is 1.29. The van der Waals surface area contributed by atoms with Crippen molar-refractivity contribution in [3.05, 3.63) is 76.2 Å². The van der Waals surface area contributed by atoms with Gasteiger partial charge in [0.2, 0.25) is 6.20 Å². The SMILES string of the molecule is Cc1cn2c(c[n+]1=O)C1c3ccccc3C2C2CC=CC12. The molecule has 6 rings (SSSR count). The van der Waals surface area contributed by atoms with E-state index in [2.05, 4.69) is 41.0 Å². The van der Waals surface area contributed by atoms with Gasteiger partial charge < -0.3 is 4.57 Å². The normalized spacial score (nSPS) is 30.9. The maximum Gasteiger partial charge on any atom is 0.252 e. The van der Waals surface area contributed by atoms with Crippen LogP contribution in [0.25, 0.3) is 0 Å². The largest absolute Gasteiger partial charge is 0.332 e. The molecule has 2 aromatic rings. The summed E-state index contributed by atoms with van der Waals surface area (Å²) in [4.78, 5) is 12.1. The summed E-state index contributed by atoms with van der Waals surface area (Å²) in [5.74, 6) is 1.52. The molecular weight excluding hydrogens is 260 g/mol. The minimum absolute atomic E-state index is 0.329. The Bertz CT molecular complexity index is 849. The average molecular weight is 277 g/mol. The number of aromatic nitrogens is 2. The highest BCUT2D eigenvalue weighted by Crippen LogP contribution is 2.57. The lowest BCUT2D eigenvalue weighted by atomic mass is 9.63. The third-order valence-corrected chi connectivity index (χ3v) is 5.54. The van der Waals surface area contributed by atoms with Gasteiger partial charge in [0.1, 0.15) is 0 Å². The van der Waals surface area contributed by atoms with E-state index in [0.29, 0.717) is 23.8 Å². The molecule has 4 unspecified atom stereocenters. The zero-order chi connectivity index (χ0) is 14.1. The maximum atomic E-state index is 12.1. The van der Waals surface area contributed by atoms with Gasteiger partial charge in [0, 0.05) is 17.7 Å². The van der Waals surface area contributed by atoms with Crippen LogP contribution in [0.3, 0.4) is 0 Å². The van der Waals surface area contributed by atoms with Crippen LogP contribution in [0.2, 0.25) is 0 Å². The molecule has 104 valence electrons. The highest BCUT2D eigenvalue weighted by Gasteiger charge is 2.50. The Balaban J connectivity index is 1.87. The van der Waals surface area contributed by atoms with Gasteiger partial charge in [-0.1, -0.05) is 36.4 Å². The van der Waals surface area contributed by atoms with E-state index in [1.54, 1.807) is 6.20 Å². The van der Waals surface area contributed by atoms with Crippen LogP contribution in [0, 0.1) is 23.7 Å². The Morgan fingerprint density at radius 3 is 2.90 bits per heavy atom. The molecule has 2 bridgehead atoms. The highest BCUT2D eigenvalue weighted by molar-refractivity contribution is 5.48. The molecule has 3 heterocycles. The molecule has 0 spiro atoms. The van der Waals surface area contributed by atoms with Crippen molar-refractivity contribution < 1.29 is 4.43 Å². The molecular formula is C18H17N2O+. The highest BCUT2D eigenvalue weighted by atomic mass is 16.3. The first kappa shape index (κ1) is 11.5. The zero-order valence-corrected chi connectivity index (χ0v) is 11.9. The van der Waals surface area contributed by atoms with Crippen LogP contribution in [0.15, 0.2) is 48.8 Å². The van der Waals surface area contributed by atoms with Crippen molar-refractivity contribution in [1.82, 2.24) is 4.57 Å². The Hall–Kier alpha value is -2.16. The van der Waals surface area contributed by atoms with Gasteiger partial charge in [-0.05, 0) is 29.4 Å². The molecule has 2 aliphatic carbocycles. The lowest BCUT2D eigenvalue weighted by molar-refractivity contribution is -0.504. The fourth-order valence-electron chi connectivity index (χ4n) is 4.71. The van der Waals surface area contributed by atoms with E-state index in [1.165, 1.54) is 16.8 Å². The summed E-state index contributed by atoms with van der Waals surface area (Å²) in [5, 5.41) is 0. The molecule has 21 heavy (non-hydrogen) atoms. The lowest BCUT2D eigenvalue weighted by Crippen LogP contribution is -2.43. The summed E-state index contributed by atoms with van der Waals surface area (Å²) in [5.41, 5.74) is 4.81. The topological polar surface area (TPSA) is 27.9 Å². The standard InChI is InChI=1S/C18H17N2O/c1-11-9-19-16(10-20(11)21)17-12-5-2-3-6-14(12)18(19)15-8-4-7-13(15)17/h2-7,9-10,13,15,17-18H,8H2,1H3/q+1. The molecule has 0 fully saturated rings. The Morgan fingerprint density at radius 1 is 1.24 bits per heavy atom. The molecule has 0 N–H and O–H groups in total. The van der Waals surface area contributed by atoms with Gasteiger partial charge in [-0.25, -0.2) is 0 Å². The molecule has 3 heteroatoms. The number of rotatable bonds is 0. The predicted octanol–water partition coefficient (Wildman–Crippen LogP) is 2.95. The van der Waals surface area contributed by atoms with Crippen LogP contribution < -0.4 is 4.43 Å². The predicted molar refractivity (Wildman–Crippen MR) is 79.7 cm³/mol. The zero-order valence-electron chi connectivity index (χ0n) is 11.9. The van der Waals surface area contributed by atoms with Crippen molar-refractivity contribution in [2.45, 2.75) is 25.3 Å². The molecule has 4 atom stereocenters. The average Bonchev–Trinajstić information content (AvgIpc) is 2.97. The monoisotopic (exact) mass is 277 g/mol. The summed E-state index contributed by atoms with van der Waals surface area (Å²) in [6.07, 6.45) is 9.69. The van der Waals surface area contributed by atoms with Crippen molar-refractivity contribution in [2.24, 2.45) is 11.8 Å². The summed E-state index contributed by atoms with van der Waals surface area (Å²) >= 11 is 0. The molecule has 0 radical (unpaired) electrons. The molecule has 3 nitrogen and oxygen atoms in total. The van der Waals surface area contributed by atoms with Gasteiger partial charge in [0.15, 0.2) is 0 Å². The summed E-state index contributed by atoms with van der Waals surface area (Å²) in [6, 6.07) is 9.15. The van der Waals surface area contributed by atoms with Crippen LogP contribution >= 0.6 is 0 Å². The number of nitrogens with zero attached hydrogens (tertiary/aromatic N) is 2. The molecule has 2 aliphatic heterocycles. The summed E-state index contributed by atoms with van der Waals surface area (Å²) < 4.78 is 3.38. The van der Waals surface area contributed by atoms with Crippen LogP contribution in [0.5, 0.6) is 0 Å². The maximum absolute atomic E-state index is 12.1. The Labute approximate surface area is 123 Å². The van der Waals surface area contributed by atoms with Gasteiger partial charge >= 0.3 is 0 Å². The van der Waals surface area contributed by atoms with Gasteiger partial charge in [-0.3, -0.25) is 0 Å². The Kier molecular flexibility index (Phi) is 2.04. The summed E-state index contributed by atoms with van der Waals surface area (Å²) in [7, 11) is 0. The second kappa shape index (κ2) is 3.73. The quantitative estimate of drug-likeness (QED) is 0.537. The van der Waals surface area contributed by atoms with Crippen molar-refractivity contribution in [3.63, 3.8) is 0 Å². The molecule has 1 aromatic heterocycles. The van der Waals surface area contributed by atoms with Crippen molar-refractivity contribution in [3.8, 4) is 0 Å².